The van der Waals surface area contributed by atoms with Crippen LogP contribution in [0.15, 0.2) is 54.7 Å². The molecular formula is C18H14Cl2N2O2. The highest BCUT2D eigenvalue weighted by Crippen LogP contribution is 2.22. The van der Waals surface area contributed by atoms with Gasteiger partial charge >= 0.3 is 0 Å². The lowest BCUT2D eigenvalue weighted by Gasteiger charge is -2.09. The first-order valence-electron chi connectivity index (χ1n) is 7.34. The lowest BCUT2D eigenvalue weighted by molar-refractivity contribution is 0.0947. The van der Waals surface area contributed by atoms with Crippen molar-refractivity contribution >= 4 is 40.0 Å². The van der Waals surface area contributed by atoms with Gasteiger partial charge in [-0.2, -0.15) is 0 Å². The average Bonchev–Trinajstić information content (AvgIpc) is 2.60. The van der Waals surface area contributed by atoms with Crippen LogP contribution in [0, 0.1) is 0 Å². The van der Waals surface area contributed by atoms with Crippen molar-refractivity contribution in [3.05, 3.63) is 70.3 Å². The SMILES string of the molecule is O=C(NCCOc1ccc2ncccc2c1)c1ccc(Cl)c(Cl)c1. The molecule has 1 N–H and O–H groups in total. The van der Waals surface area contributed by atoms with E-state index in [1.54, 1.807) is 18.3 Å². The number of hydrogen-bond acceptors (Lipinski definition) is 3. The van der Waals surface area contributed by atoms with Crippen molar-refractivity contribution in [2.45, 2.75) is 0 Å². The van der Waals surface area contributed by atoms with E-state index in [1.165, 1.54) is 6.07 Å². The first-order valence-corrected chi connectivity index (χ1v) is 8.10. The van der Waals surface area contributed by atoms with Crippen molar-refractivity contribution in [1.29, 1.82) is 0 Å². The highest BCUT2D eigenvalue weighted by atomic mass is 35.5. The smallest absolute Gasteiger partial charge is 0.251 e. The van der Waals surface area contributed by atoms with Gasteiger partial charge in [0.2, 0.25) is 0 Å². The van der Waals surface area contributed by atoms with E-state index in [4.69, 9.17) is 27.9 Å². The van der Waals surface area contributed by atoms with Crippen LogP contribution in [-0.2, 0) is 0 Å². The maximum absolute atomic E-state index is 12.0. The molecule has 0 saturated heterocycles. The van der Waals surface area contributed by atoms with Crippen molar-refractivity contribution in [3.63, 3.8) is 0 Å². The van der Waals surface area contributed by atoms with E-state index in [0.29, 0.717) is 28.8 Å². The number of nitrogens with one attached hydrogen (secondary N) is 1. The van der Waals surface area contributed by atoms with Gasteiger partial charge in [-0.3, -0.25) is 9.78 Å². The van der Waals surface area contributed by atoms with Crippen molar-refractivity contribution in [2.24, 2.45) is 0 Å². The van der Waals surface area contributed by atoms with Crippen LogP contribution in [-0.4, -0.2) is 24.0 Å². The molecule has 0 aliphatic carbocycles. The third-order valence-corrected chi connectivity index (χ3v) is 4.15. The summed E-state index contributed by atoms with van der Waals surface area (Å²) in [6, 6.07) is 14.3. The molecule has 0 aliphatic rings. The van der Waals surface area contributed by atoms with Crippen LogP contribution in [0.1, 0.15) is 10.4 Å². The molecule has 0 atom stereocenters. The highest BCUT2D eigenvalue weighted by Gasteiger charge is 2.07. The second kappa shape index (κ2) is 7.51. The number of aromatic nitrogens is 1. The number of amides is 1. The Balaban J connectivity index is 1.52. The van der Waals surface area contributed by atoms with E-state index >= 15 is 0 Å². The quantitative estimate of drug-likeness (QED) is 0.688. The summed E-state index contributed by atoms with van der Waals surface area (Å²) < 4.78 is 5.65. The molecule has 0 unspecified atom stereocenters. The maximum atomic E-state index is 12.0. The van der Waals surface area contributed by atoms with Crippen molar-refractivity contribution in [2.75, 3.05) is 13.2 Å². The van der Waals surface area contributed by atoms with Gasteiger partial charge in [0.15, 0.2) is 0 Å². The molecule has 1 amide bonds. The zero-order valence-electron chi connectivity index (χ0n) is 12.6. The van der Waals surface area contributed by atoms with Gasteiger partial charge in [0.05, 0.1) is 22.1 Å². The number of rotatable bonds is 5. The summed E-state index contributed by atoms with van der Waals surface area (Å²) in [6.07, 6.45) is 1.75. The van der Waals surface area contributed by atoms with Gasteiger partial charge in [-0.25, -0.2) is 0 Å². The first-order chi connectivity index (χ1) is 11.6. The Kier molecular flexibility index (Phi) is 5.18. The summed E-state index contributed by atoms with van der Waals surface area (Å²) in [5.41, 5.74) is 1.37. The fourth-order valence-corrected chi connectivity index (χ4v) is 2.51. The highest BCUT2D eigenvalue weighted by molar-refractivity contribution is 6.42. The van der Waals surface area contributed by atoms with Crippen LogP contribution in [0.25, 0.3) is 10.9 Å². The second-order valence-electron chi connectivity index (χ2n) is 5.09. The summed E-state index contributed by atoms with van der Waals surface area (Å²) >= 11 is 11.7. The van der Waals surface area contributed by atoms with Crippen molar-refractivity contribution < 1.29 is 9.53 Å². The van der Waals surface area contributed by atoms with E-state index in [9.17, 15) is 4.79 Å². The number of fused-ring (bicyclic) bond motifs is 1. The maximum Gasteiger partial charge on any atom is 0.251 e. The Labute approximate surface area is 149 Å². The van der Waals surface area contributed by atoms with E-state index in [0.717, 1.165) is 16.7 Å². The summed E-state index contributed by atoms with van der Waals surface area (Å²) in [6.45, 7) is 0.739. The molecule has 0 fully saturated rings. The van der Waals surface area contributed by atoms with Gasteiger partial charge in [0.25, 0.3) is 5.91 Å². The molecule has 0 spiro atoms. The van der Waals surface area contributed by atoms with E-state index in [1.807, 2.05) is 30.3 Å². The third kappa shape index (κ3) is 3.96. The number of carbonyl (C=O) groups is 1. The normalized spacial score (nSPS) is 10.6. The van der Waals surface area contributed by atoms with Crippen LogP contribution in [0.2, 0.25) is 10.0 Å². The Morgan fingerprint density at radius 2 is 1.96 bits per heavy atom. The predicted octanol–water partition coefficient (Wildman–Crippen LogP) is 4.35. The summed E-state index contributed by atoms with van der Waals surface area (Å²) in [5.74, 6) is 0.513. The van der Waals surface area contributed by atoms with E-state index < -0.39 is 0 Å². The van der Waals surface area contributed by atoms with Gasteiger partial charge in [-0.05, 0) is 42.5 Å². The number of halogens is 2. The molecule has 0 aliphatic heterocycles. The zero-order chi connectivity index (χ0) is 16.9. The molecule has 3 aromatic rings. The lowest BCUT2D eigenvalue weighted by atomic mass is 10.2. The van der Waals surface area contributed by atoms with Crippen molar-refractivity contribution in [1.82, 2.24) is 10.3 Å². The number of pyridine rings is 1. The Bertz CT molecular complexity index is 884. The summed E-state index contributed by atoms with van der Waals surface area (Å²) in [5, 5.41) is 4.56. The van der Waals surface area contributed by atoms with Gasteiger partial charge in [-0.15, -0.1) is 0 Å². The number of carbonyl (C=O) groups excluding carboxylic acids is 1. The standard InChI is InChI=1S/C18H14Cl2N2O2/c19-15-5-3-13(11-16(15)20)18(23)22-8-9-24-14-4-6-17-12(10-14)2-1-7-21-17/h1-7,10-11H,8-9H2,(H,22,23). The number of hydrogen-bond donors (Lipinski definition) is 1. The number of benzene rings is 2. The summed E-state index contributed by atoms with van der Waals surface area (Å²) in [7, 11) is 0. The first kappa shape index (κ1) is 16.6. The molecule has 4 nitrogen and oxygen atoms in total. The Morgan fingerprint density at radius 1 is 1.08 bits per heavy atom. The van der Waals surface area contributed by atoms with Crippen LogP contribution in [0.5, 0.6) is 5.75 Å². The fourth-order valence-electron chi connectivity index (χ4n) is 2.22. The van der Waals surface area contributed by atoms with Crippen LogP contribution in [0.4, 0.5) is 0 Å². The minimum absolute atomic E-state index is 0.222. The van der Waals surface area contributed by atoms with Crippen molar-refractivity contribution in [3.8, 4) is 5.75 Å². The van der Waals surface area contributed by atoms with Crippen LogP contribution >= 0.6 is 23.2 Å². The molecule has 2 aromatic carbocycles. The average molecular weight is 361 g/mol. The Hall–Kier alpha value is -2.30. The molecular weight excluding hydrogens is 347 g/mol. The number of nitrogens with zero attached hydrogens (tertiary/aromatic N) is 1. The number of ether oxygens (including phenoxy) is 1. The van der Waals surface area contributed by atoms with Gasteiger partial charge < -0.3 is 10.1 Å². The molecule has 122 valence electrons. The van der Waals surface area contributed by atoms with E-state index in [-0.39, 0.29) is 5.91 Å². The predicted molar refractivity (Wildman–Crippen MR) is 96.0 cm³/mol. The largest absolute Gasteiger partial charge is 0.492 e. The van der Waals surface area contributed by atoms with E-state index in [2.05, 4.69) is 10.3 Å². The van der Waals surface area contributed by atoms with Gasteiger partial charge in [-0.1, -0.05) is 29.3 Å². The van der Waals surface area contributed by atoms with Crippen LogP contribution < -0.4 is 10.1 Å². The molecule has 6 heteroatoms. The fraction of sp³-hybridized carbons (Fsp3) is 0.111. The molecule has 1 aromatic heterocycles. The Morgan fingerprint density at radius 3 is 2.79 bits per heavy atom. The monoisotopic (exact) mass is 360 g/mol. The third-order valence-electron chi connectivity index (χ3n) is 3.41. The lowest BCUT2D eigenvalue weighted by Crippen LogP contribution is -2.28. The molecule has 0 saturated carbocycles. The molecule has 24 heavy (non-hydrogen) atoms. The topological polar surface area (TPSA) is 51.2 Å². The van der Waals surface area contributed by atoms with Crippen LogP contribution in [0.3, 0.4) is 0 Å². The van der Waals surface area contributed by atoms with Gasteiger partial charge in [0, 0.05) is 17.1 Å². The van der Waals surface area contributed by atoms with Gasteiger partial charge in [0.1, 0.15) is 12.4 Å². The summed E-state index contributed by atoms with van der Waals surface area (Å²) in [4.78, 5) is 16.3. The zero-order valence-corrected chi connectivity index (χ0v) is 14.1. The minimum Gasteiger partial charge on any atom is -0.492 e. The molecule has 0 bridgehead atoms. The molecule has 1 heterocycles. The molecule has 3 rings (SSSR count). The molecule has 0 radical (unpaired) electrons. The minimum atomic E-state index is -0.222. The second-order valence-corrected chi connectivity index (χ2v) is 5.91.